The first-order valence-electron chi connectivity index (χ1n) is 9.06. The van der Waals surface area contributed by atoms with Gasteiger partial charge in [0.2, 0.25) is 0 Å². The summed E-state index contributed by atoms with van der Waals surface area (Å²) in [6, 6.07) is 22.9. The number of hydrogen-bond donors (Lipinski definition) is 0. The van der Waals surface area contributed by atoms with E-state index in [1.807, 2.05) is 72.8 Å². The van der Waals surface area contributed by atoms with Gasteiger partial charge in [-0.15, -0.1) is 0 Å². The van der Waals surface area contributed by atoms with Crippen molar-refractivity contribution in [3.05, 3.63) is 83.9 Å². The summed E-state index contributed by atoms with van der Waals surface area (Å²) in [6.07, 6.45) is 0.492. The van der Waals surface area contributed by atoms with Gasteiger partial charge < -0.3 is 4.90 Å². The summed E-state index contributed by atoms with van der Waals surface area (Å²) in [5.41, 5.74) is 1.61. The van der Waals surface area contributed by atoms with Crippen molar-refractivity contribution in [3.63, 3.8) is 0 Å². The molecule has 0 aliphatic carbocycles. The average Bonchev–Trinajstić information content (AvgIpc) is 3.05. The number of amides is 1. The maximum absolute atomic E-state index is 13.5. The Labute approximate surface area is 159 Å². The van der Waals surface area contributed by atoms with Gasteiger partial charge in [0, 0.05) is 18.2 Å². The van der Waals surface area contributed by atoms with Crippen LogP contribution in [0.25, 0.3) is 10.8 Å². The zero-order chi connectivity index (χ0) is 18.9. The molecule has 1 fully saturated rings. The number of hydrogen-bond acceptors (Lipinski definition) is 3. The monoisotopic (exact) mass is 379 g/mol. The fourth-order valence-corrected chi connectivity index (χ4v) is 5.47. The Bertz CT molecular complexity index is 1070. The molecule has 27 heavy (non-hydrogen) atoms. The standard InChI is InChI=1S/C22H21NO3S/c24-22(21-12-6-10-18-9-4-5-11-20(18)21)23(15-17-7-2-1-3-8-17)19-13-14-27(25,26)16-19/h1-12,19H,13-16H2. The van der Waals surface area contributed by atoms with Crippen molar-refractivity contribution < 1.29 is 13.2 Å². The highest BCUT2D eigenvalue weighted by Crippen LogP contribution is 2.25. The number of sulfone groups is 1. The van der Waals surface area contributed by atoms with E-state index >= 15 is 0 Å². The minimum Gasteiger partial charge on any atom is -0.330 e. The smallest absolute Gasteiger partial charge is 0.255 e. The molecule has 138 valence electrons. The summed E-state index contributed by atoms with van der Waals surface area (Å²) in [5, 5.41) is 1.89. The molecule has 0 radical (unpaired) electrons. The molecule has 1 aliphatic rings. The quantitative estimate of drug-likeness (QED) is 0.695. The Hall–Kier alpha value is -2.66. The van der Waals surface area contributed by atoms with Crippen LogP contribution >= 0.6 is 0 Å². The molecule has 0 bridgehead atoms. The van der Waals surface area contributed by atoms with Crippen LogP contribution in [0.5, 0.6) is 0 Å². The van der Waals surface area contributed by atoms with E-state index in [1.54, 1.807) is 4.90 Å². The van der Waals surface area contributed by atoms with Crippen LogP contribution in [0.4, 0.5) is 0 Å². The van der Waals surface area contributed by atoms with E-state index in [0.29, 0.717) is 18.5 Å². The van der Waals surface area contributed by atoms with Crippen LogP contribution in [0, 0.1) is 0 Å². The highest BCUT2D eigenvalue weighted by molar-refractivity contribution is 7.91. The number of nitrogens with zero attached hydrogens (tertiary/aromatic N) is 1. The Morgan fingerprint density at radius 2 is 1.63 bits per heavy atom. The third kappa shape index (κ3) is 3.74. The second-order valence-electron chi connectivity index (χ2n) is 7.00. The van der Waals surface area contributed by atoms with Gasteiger partial charge in [-0.3, -0.25) is 4.79 Å². The van der Waals surface area contributed by atoms with Crippen molar-refractivity contribution in [2.45, 2.75) is 19.0 Å². The summed E-state index contributed by atoms with van der Waals surface area (Å²) in [4.78, 5) is 15.2. The number of carbonyl (C=O) groups is 1. The lowest BCUT2D eigenvalue weighted by Crippen LogP contribution is -2.40. The summed E-state index contributed by atoms with van der Waals surface area (Å²) in [7, 11) is -3.08. The molecule has 1 atom stereocenters. The first-order valence-corrected chi connectivity index (χ1v) is 10.9. The first-order chi connectivity index (χ1) is 13.0. The molecule has 5 heteroatoms. The fourth-order valence-electron chi connectivity index (χ4n) is 3.73. The van der Waals surface area contributed by atoms with E-state index in [-0.39, 0.29) is 23.5 Å². The minimum absolute atomic E-state index is 0.0380. The molecule has 3 aromatic rings. The average molecular weight is 379 g/mol. The number of carbonyl (C=O) groups excluding carboxylic acids is 1. The summed E-state index contributed by atoms with van der Waals surface area (Å²) < 4.78 is 24.1. The predicted octanol–water partition coefficient (Wildman–Crippen LogP) is 3.67. The van der Waals surface area contributed by atoms with Gasteiger partial charge in [0.15, 0.2) is 9.84 Å². The van der Waals surface area contributed by atoms with E-state index in [9.17, 15) is 13.2 Å². The van der Waals surface area contributed by atoms with Crippen molar-refractivity contribution >= 4 is 26.5 Å². The van der Waals surface area contributed by atoms with Gasteiger partial charge in [-0.25, -0.2) is 8.42 Å². The third-order valence-electron chi connectivity index (χ3n) is 5.13. The molecule has 1 saturated heterocycles. The van der Waals surface area contributed by atoms with Crippen LogP contribution in [0.15, 0.2) is 72.8 Å². The third-order valence-corrected chi connectivity index (χ3v) is 6.88. The second kappa shape index (κ2) is 7.16. The van der Waals surface area contributed by atoms with Crippen LogP contribution < -0.4 is 0 Å². The highest BCUT2D eigenvalue weighted by atomic mass is 32.2. The lowest BCUT2D eigenvalue weighted by Gasteiger charge is -2.29. The van der Waals surface area contributed by atoms with Crippen molar-refractivity contribution in [1.29, 1.82) is 0 Å². The molecule has 1 unspecified atom stereocenters. The van der Waals surface area contributed by atoms with Gasteiger partial charge >= 0.3 is 0 Å². The Kier molecular flexibility index (Phi) is 4.70. The normalized spacial score (nSPS) is 18.4. The maximum Gasteiger partial charge on any atom is 0.255 e. The van der Waals surface area contributed by atoms with Crippen LogP contribution in [-0.2, 0) is 16.4 Å². The molecule has 3 aromatic carbocycles. The summed E-state index contributed by atoms with van der Waals surface area (Å²) >= 11 is 0. The lowest BCUT2D eigenvalue weighted by molar-refractivity contribution is 0.0683. The zero-order valence-corrected chi connectivity index (χ0v) is 15.7. The molecule has 4 nitrogen and oxygen atoms in total. The molecular weight excluding hydrogens is 358 g/mol. The summed E-state index contributed by atoms with van der Waals surface area (Å²) in [6.45, 7) is 0.406. The number of benzene rings is 3. The molecule has 0 N–H and O–H groups in total. The molecule has 4 rings (SSSR count). The number of rotatable bonds is 4. The Morgan fingerprint density at radius 3 is 2.37 bits per heavy atom. The SMILES string of the molecule is O=C(c1cccc2ccccc12)N(Cc1ccccc1)C1CCS(=O)(=O)C1. The molecule has 0 spiro atoms. The summed E-state index contributed by atoms with van der Waals surface area (Å²) in [5.74, 6) is 0.0695. The lowest BCUT2D eigenvalue weighted by atomic mass is 10.0. The van der Waals surface area contributed by atoms with Gasteiger partial charge in [-0.2, -0.15) is 0 Å². The molecule has 1 aliphatic heterocycles. The second-order valence-corrected chi connectivity index (χ2v) is 9.23. The molecular formula is C22H21NO3S. The van der Waals surface area contributed by atoms with Gasteiger partial charge in [-0.05, 0) is 28.8 Å². The van der Waals surface area contributed by atoms with Gasteiger partial charge in [0.05, 0.1) is 11.5 Å². The van der Waals surface area contributed by atoms with Crippen LogP contribution in [-0.4, -0.2) is 36.8 Å². The molecule has 1 heterocycles. The largest absolute Gasteiger partial charge is 0.330 e. The van der Waals surface area contributed by atoms with E-state index in [1.165, 1.54) is 0 Å². The van der Waals surface area contributed by atoms with Crippen LogP contribution in [0.3, 0.4) is 0 Å². The van der Waals surface area contributed by atoms with E-state index in [0.717, 1.165) is 16.3 Å². The highest BCUT2D eigenvalue weighted by Gasteiger charge is 2.35. The topological polar surface area (TPSA) is 54.5 Å². The predicted molar refractivity (Wildman–Crippen MR) is 107 cm³/mol. The van der Waals surface area contributed by atoms with Crippen molar-refractivity contribution in [3.8, 4) is 0 Å². The van der Waals surface area contributed by atoms with E-state index in [2.05, 4.69) is 0 Å². The van der Waals surface area contributed by atoms with Gasteiger partial charge in [0.25, 0.3) is 5.91 Å². The van der Waals surface area contributed by atoms with Crippen LogP contribution in [0.2, 0.25) is 0 Å². The molecule has 0 aromatic heterocycles. The Morgan fingerprint density at radius 1 is 0.926 bits per heavy atom. The fraction of sp³-hybridized carbons (Fsp3) is 0.227. The molecule has 1 amide bonds. The van der Waals surface area contributed by atoms with Crippen molar-refractivity contribution in [2.75, 3.05) is 11.5 Å². The van der Waals surface area contributed by atoms with Crippen molar-refractivity contribution in [1.82, 2.24) is 4.90 Å². The van der Waals surface area contributed by atoms with E-state index < -0.39 is 9.84 Å². The van der Waals surface area contributed by atoms with Crippen LogP contribution in [0.1, 0.15) is 22.3 Å². The maximum atomic E-state index is 13.5. The zero-order valence-electron chi connectivity index (χ0n) is 14.9. The van der Waals surface area contributed by atoms with E-state index in [4.69, 9.17) is 0 Å². The van der Waals surface area contributed by atoms with Gasteiger partial charge in [0.1, 0.15) is 0 Å². The minimum atomic E-state index is -3.08. The first kappa shape index (κ1) is 17.7. The van der Waals surface area contributed by atoms with Gasteiger partial charge in [-0.1, -0.05) is 66.7 Å². The van der Waals surface area contributed by atoms with Crippen molar-refractivity contribution in [2.24, 2.45) is 0 Å². The molecule has 0 saturated carbocycles. The Balaban J connectivity index is 1.74. The number of fused-ring (bicyclic) bond motifs is 1.